The smallest absolute Gasteiger partial charge is 0.249 e. The summed E-state index contributed by atoms with van der Waals surface area (Å²) in [6, 6.07) is 0.214. The van der Waals surface area contributed by atoms with E-state index in [2.05, 4.69) is 24.1 Å². The molecule has 2 rings (SSSR count). The number of carbonyl (C=O) groups is 1. The molecular formula is C16H28N2O. The van der Waals surface area contributed by atoms with E-state index in [1.54, 1.807) is 0 Å². The van der Waals surface area contributed by atoms with Crippen LogP contribution >= 0.6 is 0 Å². The predicted molar refractivity (Wildman–Crippen MR) is 78.7 cm³/mol. The van der Waals surface area contributed by atoms with Crippen molar-refractivity contribution in [1.29, 1.82) is 0 Å². The van der Waals surface area contributed by atoms with Crippen molar-refractivity contribution in [3.05, 3.63) is 11.3 Å². The molecule has 3 nitrogen and oxygen atoms in total. The van der Waals surface area contributed by atoms with Gasteiger partial charge in [0, 0.05) is 30.4 Å². The Morgan fingerprint density at radius 3 is 2.37 bits per heavy atom. The number of hydrogen-bond donors (Lipinski definition) is 1. The topological polar surface area (TPSA) is 32.3 Å². The van der Waals surface area contributed by atoms with Crippen molar-refractivity contribution in [2.45, 2.75) is 65.8 Å². The molecule has 1 aliphatic carbocycles. The van der Waals surface area contributed by atoms with E-state index in [1.165, 1.54) is 25.0 Å². The Hall–Kier alpha value is -0.990. The lowest BCUT2D eigenvalue weighted by Crippen LogP contribution is -2.34. The summed E-state index contributed by atoms with van der Waals surface area (Å²) >= 11 is 0. The molecule has 1 N–H and O–H groups in total. The summed E-state index contributed by atoms with van der Waals surface area (Å²) in [5.41, 5.74) is 2.60. The summed E-state index contributed by atoms with van der Waals surface area (Å²) in [6.07, 6.45) is 5.83. The molecule has 108 valence electrons. The minimum Gasteiger partial charge on any atom is -0.374 e. The first-order chi connectivity index (χ1) is 8.89. The second-order valence-corrected chi connectivity index (χ2v) is 7.12. The first-order valence-corrected chi connectivity index (χ1v) is 7.67. The van der Waals surface area contributed by atoms with Crippen LogP contribution in [0.5, 0.6) is 0 Å². The highest BCUT2D eigenvalue weighted by Crippen LogP contribution is 2.43. The van der Waals surface area contributed by atoms with E-state index in [-0.39, 0.29) is 17.4 Å². The Morgan fingerprint density at radius 1 is 1.16 bits per heavy atom. The second kappa shape index (κ2) is 5.56. The number of hydrogen-bond acceptors (Lipinski definition) is 2. The summed E-state index contributed by atoms with van der Waals surface area (Å²) in [5, 5.41) is 3.07. The molecule has 19 heavy (non-hydrogen) atoms. The molecule has 0 aromatic carbocycles. The third kappa shape index (κ3) is 3.52. The zero-order valence-corrected chi connectivity index (χ0v) is 12.9. The maximum absolute atomic E-state index is 12.4. The molecule has 0 aromatic heterocycles. The van der Waals surface area contributed by atoms with Gasteiger partial charge in [-0.15, -0.1) is 0 Å². The minimum atomic E-state index is 0.154. The first kappa shape index (κ1) is 14.4. The van der Waals surface area contributed by atoms with Gasteiger partial charge in [-0.3, -0.25) is 4.79 Å². The van der Waals surface area contributed by atoms with Gasteiger partial charge in [-0.1, -0.05) is 13.8 Å². The van der Waals surface area contributed by atoms with E-state index in [0.29, 0.717) is 0 Å². The van der Waals surface area contributed by atoms with Gasteiger partial charge in [0.2, 0.25) is 5.91 Å². The summed E-state index contributed by atoms with van der Waals surface area (Å²) < 4.78 is 0. The van der Waals surface area contributed by atoms with Gasteiger partial charge in [-0.05, 0) is 51.4 Å². The van der Waals surface area contributed by atoms with E-state index in [9.17, 15) is 4.79 Å². The average Bonchev–Trinajstić information content (AvgIpc) is 2.66. The number of piperidine rings is 1. The van der Waals surface area contributed by atoms with Crippen LogP contribution in [0.3, 0.4) is 0 Å². The number of amides is 1. The maximum atomic E-state index is 12.4. The molecule has 1 aliphatic heterocycles. The number of nitrogens with zero attached hydrogens (tertiary/aromatic N) is 1. The molecule has 3 heteroatoms. The fourth-order valence-corrected chi connectivity index (χ4v) is 3.23. The van der Waals surface area contributed by atoms with Gasteiger partial charge < -0.3 is 10.2 Å². The summed E-state index contributed by atoms with van der Waals surface area (Å²) in [7, 11) is 0. The van der Waals surface area contributed by atoms with Crippen LogP contribution in [0.4, 0.5) is 0 Å². The zero-order chi connectivity index (χ0) is 14.0. The van der Waals surface area contributed by atoms with Crippen LogP contribution in [0, 0.1) is 5.41 Å². The molecule has 0 spiro atoms. The molecule has 1 fully saturated rings. The molecule has 0 unspecified atom stereocenters. The zero-order valence-electron chi connectivity index (χ0n) is 12.9. The Labute approximate surface area is 117 Å². The SMILES string of the molecule is CC(C)NC(=O)C1=C(N2CCCCC2)CC(C)(C)C1. The lowest BCUT2D eigenvalue weighted by atomic mass is 9.89. The lowest BCUT2D eigenvalue weighted by Gasteiger charge is -2.31. The molecule has 0 atom stereocenters. The van der Waals surface area contributed by atoms with Gasteiger partial charge in [0.25, 0.3) is 0 Å². The summed E-state index contributed by atoms with van der Waals surface area (Å²) in [4.78, 5) is 14.9. The van der Waals surface area contributed by atoms with Crippen LogP contribution in [0.2, 0.25) is 0 Å². The molecule has 1 saturated heterocycles. The fraction of sp³-hybridized carbons (Fsp3) is 0.812. The van der Waals surface area contributed by atoms with Crippen LogP contribution in [-0.4, -0.2) is 29.9 Å². The van der Waals surface area contributed by atoms with Crippen LogP contribution in [-0.2, 0) is 4.79 Å². The van der Waals surface area contributed by atoms with Crippen molar-refractivity contribution in [2.24, 2.45) is 5.41 Å². The molecule has 0 saturated carbocycles. The van der Waals surface area contributed by atoms with Crippen LogP contribution < -0.4 is 5.32 Å². The van der Waals surface area contributed by atoms with Gasteiger partial charge in [-0.2, -0.15) is 0 Å². The average molecular weight is 264 g/mol. The Bertz CT molecular complexity index is 376. The standard InChI is InChI=1S/C16H28N2O/c1-12(2)17-15(19)13-10-16(3,4)11-14(13)18-8-6-5-7-9-18/h12H,5-11H2,1-4H3,(H,17,19). The Balaban J connectivity index is 2.19. The highest BCUT2D eigenvalue weighted by atomic mass is 16.1. The number of carbonyl (C=O) groups excluding carboxylic acids is 1. The monoisotopic (exact) mass is 264 g/mol. The van der Waals surface area contributed by atoms with Crippen molar-refractivity contribution in [2.75, 3.05) is 13.1 Å². The van der Waals surface area contributed by atoms with Crippen LogP contribution in [0.1, 0.15) is 59.8 Å². The maximum Gasteiger partial charge on any atom is 0.249 e. The Morgan fingerprint density at radius 2 is 1.79 bits per heavy atom. The number of likely N-dealkylation sites (tertiary alicyclic amines) is 1. The first-order valence-electron chi connectivity index (χ1n) is 7.67. The number of allylic oxidation sites excluding steroid dienone is 1. The van der Waals surface area contributed by atoms with Crippen molar-refractivity contribution >= 4 is 5.91 Å². The Kier molecular flexibility index (Phi) is 4.22. The molecule has 1 heterocycles. The third-order valence-electron chi connectivity index (χ3n) is 4.08. The van der Waals surface area contributed by atoms with Crippen LogP contribution in [0.15, 0.2) is 11.3 Å². The quantitative estimate of drug-likeness (QED) is 0.849. The van der Waals surface area contributed by atoms with Crippen LogP contribution in [0.25, 0.3) is 0 Å². The summed E-state index contributed by atoms with van der Waals surface area (Å²) in [6.45, 7) is 10.9. The van der Waals surface area contributed by atoms with E-state index < -0.39 is 0 Å². The molecule has 2 aliphatic rings. The van der Waals surface area contributed by atoms with E-state index in [1.807, 2.05) is 13.8 Å². The van der Waals surface area contributed by atoms with Gasteiger partial charge in [0.05, 0.1) is 0 Å². The number of rotatable bonds is 3. The third-order valence-corrected chi connectivity index (χ3v) is 4.08. The van der Waals surface area contributed by atoms with E-state index in [0.717, 1.165) is 31.5 Å². The molecular weight excluding hydrogens is 236 g/mol. The van der Waals surface area contributed by atoms with Crippen molar-refractivity contribution in [3.63, 3.8) is 0 Å². The van der Waals surface area contributed by atoms with Gasteiger partial charge in [0.15, 0.2) is 0 Å². The van der Waals surface area contributed by atoms with Crippen molar-refractivity contribution in [1.82, 2.24) is 10.2 Å². The molecule has 0 radical (unpaired) electrons. The molecule has 1 amide bonds. The van der Waals surface area contributed by atoms with E-state index in [4.69, 9.17) is 0 Å². The van der Waals surface area contributed by atoms with E-state index >= 15 is 0 Å². The fourth-order valence-electron chi connectivity index (χ4n) is 3.23. The van der Waals surface area contributed by atoms with Gasteiger partial charge >= 0.3 is 0 Å². The van der Waals surface area contributed by atoms with Crippen molar-refractivity contribution < 1.29 is 4.79 Å². The largest absolute Gasteiger partial charge is 0.374 e. The highest BCUT2D eigenvalue weighted by molar-refractivity contribution is 5.95. The highest BCUT2D eigenvalue weighted by Gasteiger charge is 2.36. The lowest BCUT2D eigenvalue weighted by molar-refractivity contribution is -0.118. The molecule has 0 aromatic rings. The predicted octanol–water partition coefficient (Wildman–Crippen LogP) is 3.07. The summed E-state index contributed by atoms with van der Waals surface area (Å²) in [5.74, 6) is 0.154. The molecule has 0 bridgehead atoms. The van der Waals surface area contributed by atoms with Gasteiger partial charge in [0.1, 0.15) is 0 Å². The minimum absolute atomic E-state index is 0.154. The second-order valence-electron chi connectivity index (χ2n) is 7.12. The number of nitrogens with one attached hydrogen (secondary N) is 1. The normalized spacial score (nSPS) is 23.1. The van der Waals surface area contributed by atoms with Gasteiger partial charge in [-0.25, -0.2) is 0 Å². The van der Waals surface area contributed by atoms with Crippen molar-refractivity contribution in [3.8, 4) is 0 Å².